The van der Waals surface area contributed by atoms with E-state index < -0.39 is 18.0 Å². The minimum Gasteiger partial charge on any atom is -0.480 e. The molecule has 2 N–H and O–H groups in total. The highest BCUT2D eigenvalue weighted by atomic mass is 16.5. The number of amides is 2. The lowest BCUT2D eigenvalue weighted by Crippen LogP contribution is -2.49. The molecular formula is C25H28N2O5. The van der Waals surface area contributed by atoms with Crippen LogP contribution < -0.4 is 5.32 Å². The van der Waals surface area contributed by atoms with Crippen LogP contribution in [0.5, 0.6) is 0 Å². The summed E-state index contributed by atoms with van der Waals surface area (Å²) < 4.78 is 5.63. The standard InChI is InChI=1S/C25H28N2O5/c1-27(14-23(28)29)24(30)20-12-6-7-13-22(20)26-25(31)32-15-21-18-10-4-2-8-16(18)17-9-3-5-11-19(17)21/h2-5,8-11,20-22H,6-7,12-15H2,1H3,(H,26,31)(H,28,29). The number of alkyl carbamates (subject to hydrolysis) is 1. The molecule has 168 valence electrons. The van der Waals surface area contributed by atoms with Crippen LogP contribution in [0, 0.1) is 5.92 Å². The van der Waals surface area contributed by atoms with Crippen LogP contribution >= 0.6 is 0 Å². The molecule has 1 fully saturated rings. The summed E-state index contributed by atoms with van der Waals surface area (Å²) in [5, 5.41) is 11.8. The minimum atomic E-state index is -1.06. The van der Waals surface area contributed by atoms with Crippen molar-refractivity contribution in [2.75, 3.05) is 20.2 Å². The maximum Gasteiger partial charge on any atom is 0.407 e. The predicted molar refractivity (Wildman–Crippen MR) is 119 cm³/mol. The van der Waals surface area contributed by atoms with Gasteiger partial charge in [0.05, 0.1) is 5.92 Å². The first-order valence-corrected chi connectivity index (χ1v) is 11.0. The van der Waals surface area contributed by atoms with Gasteiger partial charge in [0.25, 0.3) is 0 Å². The molecule has 0 spiro atoms. The number of carboxylic acids is 1. The molecule has 0 bridgehead atoms. The van der Waals surface area contributed by atoms with Crippen LogP contribution in [0.25, 0.3) is 11.1 Å². The number of carbonyl (C=O) groups is 3. The van der Waals surface area contributed by atoms with Crippen molar-refractivity contribution in [1.82, 2.24) is 10.2 Å². The first-order valence-electron chi connectivity index (χ1n) is 11.0. The van der Waals surface area contributed by atoms with Gasteiger partial charge in [-0.25, -0.2) is 4.79 Å². The van der Waals surface area contributed by atoms with Crippen molar-refractivity contribution in [2.24, 2.45) is 5.92 Å². The molecule has 2 amide bonds. The van der Waals surface area contributed by atoms with Gasteiger partial charge in [-0.05, 0) is 35.1 Å². The normalized spacial score (nSPS) is 19.5. The number of carbonyl (C=O) groups excluding carboxylic acids is 2. The van der Waals surface area contributed by atoms with Crippen LogP contribution in [0.15, 0.2) is 48.5 Å². The van der Waals surface area contributed by atoms with Crippen LogP contribution in [0.1, 0.15) is 42.7 Å². The molecule has 2 atom stereocenters. The third-order valence-corrected chi connectivity index (χ3v) is 6.48. The van der Waals surface area contributed by atoms with E-state index in [1.54, 1.807) is 0 Å². The van der Waals surface area contributed by atoms with Gasteiger partial charge in [0.1, 0.15) is 13.2 Å². The Labute approximate surface area is 187 Å². The van der Waals surface area contributed by atoms with Crippen molar-refractivity contribution in [3.8, 4) is 11.1 Å². The molecule has 7 heteroatoms. The molecule has 0 aromatic heterocycles. The zero-order valence-corrected chi connectivity index (χ0v) is 18.1. The number of ether oxygens (including phenoxy) is 1. The molecule has 4 rings (SSSR count). The highest BCUT2D eigenvalue weighted by Crippen LogP contribution is 2.44. The fourth-order valence-corrected chi connectivity index (χ4v) is 4.95. The summed E-state index contributed by atoms with van der Waals surface area (Å²) in [6.45, 7) is -0.142. The zero-order chi connectivity index (χ0) is 22.7. The molecule has 0 heterocycles. The number of likely N-dealkylation sites (N-methyl/N-ethyl adjacent to an activating group) is 1. The van der Waals surface area contributed by atoms with Gasteiger partial charge in [0.15, 0.2) is 0 Å². The monoisotopic (exact) mass is 436 g/mol. The van der Waals surface area contributed by atoms with Crippen LogP contribution in [0.4, 0.5) is 4.79 Å². The van der Waals surface area contributed by atoms with E-state index in [0.29, 0.717) is 12.8 Å². The molecule has 7 nitrogen and oxygen atoms in total. The molecule has 2 unspecified atom stereocenters. The second-order valence-electron chi connectivity index (χ2n) is 8.56. The number of hydrogen-bond donors (Lipinski definition) is 2. The van der Waals surface area contributed by atoms with Gasteiger partial charge >= 0.3 is 12.1 Å². The Morgan fingerprint density at radius 2 is 1.59 bits per heavy atom. The molecule has 0 radical (unpaired) electrons. The van der Waals surface area contributed by atoms with E-state index in [1.165, 1.54) is 11.9 Å². The van der Waals surface area contributed by atoms with E-state index in [9.17, 15) is 14.4 Å². The number of carboxylic acid groups (broad SMARTS) is 1. The molecule has 0 aliphatic heterocycles. The van der Waals surface area contributed by atoms with Gasteiger partial charge in [0, 0.05) is 19.0 Å². The summed E-state index contributed by atoms with van der Waals surface area (Å²) >= 11 is 0. The van der Waals surface area contributed by atoms with Gasteiger partial charge in [0.2, 0.25) is 5.91 Å². The van der Waals surface area contributed by atoms with Crippen LogP contribution in [0.2, 0.25) is 0 Å². The summed E-state index contributed by atoms with van der Waals surface area (Å²) in [7, 11) is 1.48. The fraction of sp³-hybridized carbons (Fsp3) is 0.400. The molecule has 1 saturated carbocycles. The van der Waals surface area contributed by atoms with Crippen LogP contribution in [0.3, 0.4) is 0 Å². The largest absolute Gasteiger partial charge is 0.480 e. The Morgan fingerprint density at radius 3 is 2.22 bits per heavy atom. The molecule has 2 aromatic carbocycles. The van der Waals surface area contributed by atoms with Crippen molar-refractivity contribution in [1.29, 1.82) is 0 Å². The van der Waals surface area contributed by atoms with Crippen molar-refractivity contribution in [3.63, 3.8) is 0 Å². The average Bonchev–Trinajstić information content (AvgIpc) is 3.11. The summed E-state index contributed by atoms with van der Waals surface area (Å²) in [6, 6.07) is 15.9. The fourth-order valence-electron chi connectivity index (χ4n) is 4.95. The molecule has 2 aliphatic rings. The van der Waals surface area contributed by atoms with Crippen molar-refractivity contribution in [2.45, 2.75) is 37.6 Å². The Hall–Kier alpha value is -3.35. The topological polar surface area (TPSA) is 95.9 Å². The number of fused-ring (bicyclic) bond motifs is 3. The summed E-state index contributed by atoms with van der Waals surface area (Å²) in [5.41, 5.74) is 4.61. The third-order valence-electron chi connectivity index (χ3n) is 6.48. The van der Waals surface area contributed by atoms with Crippen molar-refractivity contribution < 1.29 is 24.2 Å². The van der Waals surface area contributed by atoms with Crippen LogP contribution in [-0.2, 0) is 14.3 Å². The van der Waals surface area contributed by atoms with Gasteiger partial charge < -0.3 is 20.1 Å². The first kappa shape index (κ1) is 21.9. The van der Waals surface area contributed by atoms with E-state index in [4.69, 9.17) is 9.84 Å². The SMILES string of the molecule is CN(CC(=O)O)C(=O)C1CCCCC1NC(=O)OCC1c2ccccc2-c2ccccc21. The van der Waals surface area contributed by atoms with E-state index in [1.807, 2.05) is 24.3 Å². The first-order chi connectivity index (χ1) is 15.5. The molecular weight excluding hydrogens is 408 g/mol. The quantitative estimate of drug-likeness (QED) is 0.721. The Bertz CT molecular complexity index is 975. The van der Waals surface area contributed by atoms with Crippen LogP contribution in [-0.4, -0.2) is 54.2 Å². The van der Waals surface area contributed by atoms with Crippen molar-refractivity contribution in [3.05, 3.63) is 59.7 Å². The number of rotatable bonds is 6. The number of nitrogens with zero attached hydrogens (tertiary/aromatic N) is 1. The van der Waals surface area contributed by atoms with E-state index in [-0.39, 0.29) is 31.0 Å². The van der Waals surface area contributed by atoms with Crippen molar-refractivity contribution >= 4 is 18.0 Å². The maximum absolute atomic E-state index is 12.7. The second kappa shape index (κ2) is 9.42. The van der Waals surface area contributed by atoms with Gasteiger partial charge in [-0.2, -0.15) is 0 Å². The summed E-state index contributed by atoms with van der Waals surface area (Å²) in [4.78, 5) is 37.6. The smallest absolute Gasteiger partial charge is 0.407 e. The number of nitrogens with one attached hydrogen (secondary N) is 1. The third kappa shape index (κ3) is 4.47. The maximum atomic E-state index is 12.7. The van der Waals surface area contributed by atoms with Gasteiger partial charge in [-0.3, -0.25) is 9.59 Å². The Morgan fingerprint density at radius 1 is 1.00 bits per heavy atom. The predicted octanol–water partition coefficient (Wildman–Crippen LogP) is 3.63. The van der Waals surface area contributed by atoms with Gasteiger partial charge in [-0.1, -0.05) is 61.4 Å². The van der Waals surface area contributed by atoms with E-state index in [0.717, 1.165) is 35.1 Å². The minimum absolute atomic E-state index is 0.0290. The molecule has 32 heavy (non-hydrogen) atoms. The summed E-state index contributed by atoms with van der Waals surface area (Å²) in [6.07, 6.45) is 2.52. The number of hydrogen-bond acceptors (Lipinski definition) is 4. The molecule has 2 aliphatic carbocycles. The number of benzene rings is 2. The lowest BCUT2D eigenvalue weighted by atomic mass is 9.83. The second-order valence-corrected chi connectivity index (χ2v) is 8.56. The molecule has 2 aromatic rings. The Balaban J connectivity index is 1.40. The highest BCUT2D eigenvalue weighted by Gasteiger charge is 2.35. The number of aliphatic carboxylic acids is 1. The highest BCUT2D eigenvalue weighted by molar-refractivity contribution is 5.84. The van der Waals surface area contributed by atoms with E-state index in [2.05, 4.69) is 29.6 Å². The Kier molecular flexibility index (Phi) is 6.44. The van der Waals surface area contributed by atoms with E-state index >= 15 is 0 Å². The van der Waals surface area contributed by atoms with Gasteiger partial charge in [-0.15, -0.1) is 0 Å². The lowest BCUT2D eigenvalue weighted by Gasteiger charge is -2.33. The lowest BCUT2D eigenvalue weighted by molar-refractivity contribution is -0.146. The summed E-state index contributed by atoms with van der Waals surface area (Å²) in [5.74, 6) is -1.78. The average molecular weight is 437 g/mol. The zero-order valence-electron chi connectivity index (χ0n) is 18.1. The molecule has 0 saturated heterocycles.